The number of carbonyl (C=O) groups is 3. The van der Waals surface area contributed by atoms with E-state index in [-0.39, 0.29) is 44.0 Å². The van der Waals surface area contributed by atoms with E-state index in [1.807, 2.05) is 6.08 Å². The van der Waals surface area contributed by atoms with E-state index >= 15 is 0 Å². The van der Waals surface area contributed by atoms with E-state index in [0.717, 1.165) is 77.0 Å². The van der Waals surface area contributed by atoms with Gasteiger partial charge in [-0.25, -0.2) is 0 Å². The highest BCUT2D eigenvalue weighted by molar-refractivity contribution is 5.71. The first kappa shape index (κ1) is 51.9. The summed E-state index contributed by atoms with van der Waals surface area (Å²) >= 11 is 0. The molecule has 0 aliphatic heterocycles. The molecule has 314 valence electrons. The fourth-order valence-electron chi connectivity index (χ4n) is 5.80. The van der Waals surface area contributed by atoms with Gasteiger partial charge in [0.15, 0.2) is 6.10 Å². The summed E-state index contributed by atoms with van der Waals surface area (Å²) in [7, 11) is 0. The molecule has 0 amide bonds. The van der Waals surface area contributed by atoms with Crippen LogP contribution in [0.5, 0.6) is 0 Å². The van der Waals surface area contributed by atoms with Gasteiger partial charge in [0, 0.05) is 19.3 Å². The van der Waals surface area contributed by atoms with E-state index in [4.69, 9.17) is 14.2 Å². The fraction of sp³-hybridized carbons (Fsp3) is 0.694. The maximum absolute atomic E-state index is 12.7. The third kappa shape index (κ3) is 41.8. The third-order valence-electron chi connectivity index (χ3n) is 9.18. The number of esters is 3. The van der Waals surface area contributed by atoms with Crippen LogP contribution in [-0.2, 0) is 28.6 Å². The Balaban J connectivity index is 4.53. The van der Waals surface area contributed by atoms with Crippen molar-refractivity contribution in [2.24, 2.45) is 0 Å². The van der Waals surface area contributed by atoms with Crippen molar-refractivity contribution in [3.05, 3.63) is 72.9 Å². The molecule has 0 saturated heterocycles. The fourth-order valence-corrected chi connectivity index (χ4v) is 5.80. The highest BCUT2D eigenvalue weighted by Gasteiger charge is 2.19. The van der Waals surface area contributed by atoms with Crippen LogP contribution in [0.4, 0.5) is 0 Å². The van der Waals surface area contributed by atoms with E-state index in [9.17, 15) is 14.4 Å². The Hall–Kier alpha value is -3.15. The predicted octanol–water partition coefficient (Wildman–Crippen LogP) is 14.3. The molecule has 0 bridgehead atoms. The number of hydrogen-bond donors (Lipinski definition) is 0. The van der Waals surface area contributed by atoms with Crippen LogP contribution >= 0.6 is 0 Å². The normalized spacial score (nSPS) is 12.7. The molecule has 0 aromatic carbocycles. The zero-order valence-electron chi connectivity index (χ0n) is 35.7. The molecule has 6 heteroatoms. The number of unbranched alkanes of at least 4 members (excludes halogenated alkanes) is 16. The molecule has 0 radical (unpaired) electrons. The van der Waals surface area contributed by atoms with Crippen LogP contribution in [0.1, 0.15) is 201 Å². The summed E-state index contributed by atoms with van der Waals surface area (Å²) in [6, 6.07) is 0. The van der Waals surface area contributed by atoms with Crippen molar-refractivity contribution in [3.63, 3.8) is 0 Å². The molecule has 0 N–H and O–H groups in total. The number of rotatable bonds is 39. The molecule has 0 fully saturated rings. The number of ether oxygens (including phenoxy) is 3. The molecular formula is C49H82O6. The second kappa shape index (κ2) is 43.6. The van der Waals surface area contributed by atoms with Crippen molar-refractivity contribution >= 4 is 17.9 Å². The number of allylic oxidation sites excluding steroid dienone is 12. The van der Waals surface area contributed by atoms with E-state index in [1.165, 1.54) is 70.6 Å². The Morgan fingerprint density at radius 1 is 0.382 bits per heavy atom. The zero-order chi connectivity index (χ0) is 40.1. The molecule has 55 heavy (non-hydrogen) atoms. The largest absolute Gasteiger partial charge is 0.462 e. The molecular weight excluding hydrogens is 685 g/mol. The van der Waals surface area contributed by atoms with Gasteiger partial charge in [-0.3, -0.25) is 14.4 Å². The third-order valence-corrected chi connectivity index (χ3v) is 9.18. The Labute approximate surface area is 338 Å². The van der Waals surface area contributed by atoms with E-state index < -0.39 is 6.10 Å². The van der Waals surface area contributed by atoms with Gasteiger partial charge in [0.1, 0.15) is 13.2 Å². The van der Waals surface area contributed by atoms with Gasteiger partial charge in [0.25, 0.3) is 0 Å². The summed E-state index contributed by atoms with van der Waals surface area (Å²) in [4.78, 5) is 37.6. The SMILES string of the molecule is CC/C=C\C/C=C\C/C=C\CCCCC(=O)OC(COC(=O)CC/C=C\C/C=C\CCCCCCCC)COC(=O)CCCCCCC/C=C\CCCCC. The van der Waals surface area contributed by atoms with Crippen LogP contribution in [0.2, 0.25) is 0 Å². The van der Waals surface area contributed by atoms with Crippen molar-refractivity contribution in [2.75, 3.05) is 13.2 Å². The van der Waals surface area contributed by atoms with Crippen LogP contribution in [0.15, 0.2) is 72.9 Å². The van der Waals surface area contributed by atoms with Crippen LogP contribution in [0.3, 0.4) is 0 Å². The second-order valence-corrected chi connectivity index (χ2v) is 14.6. The minimum absolute atomic E-state index is 0.113. The zero-order valence-corrected chi connectivity index (χ0v) is 35.7. The summed E-state index contributed by atoms with van der Waals surface area (Å²) in [5.41, 5.74) is 0. The van der Waals surface area contributed by atoms with E-state index in [0.29, 0.717) is 19.3 Å². The van der Waals surface area contributed by atoms with Crippen molar-refractivity contribution in [3.8, 4) is 0 Å². The Morgan fingerprint density at radius 2 is 0.745 bits per heavy atom. The first-order chi connectivity index (χ1) is 27.0. The lowest BCUT2D eigenvalue weighted by Crippen LogP contribution is -2.30. The van der Waals surface area contributed by atoms with Gasteiger partial charge < -0.3 is 14.2 Å². The van der Waals surface area contributed by atoms with Gasteiger partial charge in [-0.05, 0) is 96.3 Å². The summed E-state index contributed by atoms with van der Waals surface area (Å²) in [6.07, 6.45) is 53.3. The molecule has 0 aliphatic carbocycles. The molecule has 1 unspecified atom stereocenters. The van der Waals surface area contributed by atoms with Crippen molar-refractivity contribution in [2.45, 2.75) is 207 Å². The number of carbonyl (C=O) groups excluding carboxylic acids is 3. The van der Waals surface area contributed by atoms with Crippen LogP contribution < -0.4 is 0 Å². The highest BCUT2D eigenvalue weighted by Crippen LogP contribution is 2.11. The number of hydrogen-bond acceptors (Lipinski definition) is 6. The van der Waals surface area contributed by atoms with Gasteiger partial charge in [0.05, 0.1) is 0 Å². The summed E-state index contributed by atoms with van der Waals surface area (Å²) in [5, 5.41) is 0. The van der Waals surface area contributed by atoms with Gasteiger partial charge in [-0.1, -0.05) is 158 Å². The van der Waals surface area contributed by atoms with Gasteiger partial charge in [-0.2, -0.15) is 0 Å². The smallest absolute Gasteiger partial charge is 0.306 e. The summed E-state index contributed by atoms with van der Waals surface area (Å²) in [6.45, 7) is 6.37. The summed E-state index contributed by atoms with van der Waals surface area (Å²) < 4.78 is 16.6. The minimum Gasteiger partial charge on any atom is -0.462 e. The Morgan fingerprint density at radius 3 is 1.31 bits per heavy atom. The highest BCUT2D eigenvalue weighted by atomic mass is 16.6. The average Bonchev–Trinajstić information content (AvgIpc) is 3.18. The standard InChI is InChI=1S/C49H82O6/c1-4-7-10-13-16-19-22-25-28-30-33-36-39-42-48(51)54-45-46(55-49(52)43-40-37-34-31-27-24-21-18-15-12-9-6-3)44-53-47(50)41-38-35-32-29-26-23-20-17-14-11-8-5-2/h9,12,17-18,20-21,25,27-28,31,33,36,46H,4-8,10-11,13-16,19,22-24,26,29-30,32,34-35,37-45H2,1-3H3/b12-9-,20-17-,21-18-,28-25-,31-27-,36-33-. The minimum atomic E-state index is -0.818. The van der Waals surface area contributed by atoms with E-state index in [2.05, 4.69) is 87.6 Å². The molecule has 0 spiro atoms. The molecule has 6 nitrogen and oxygen atoms in total. The van der Waals surface area contributed by atoms with E-state index in [1.54, 1.807) is 0 Å². The van der Waals surface area contributed by atoms with Gasteiger partial charge in [-0.15, -0.1) is 0 Å². The lowest BCUT2D eigenvalue weighted by Gasteiger charge is -2.18. The molecule has 0 rings (SSSR count). The first-order valence-electron chi connectivity index (χ1n) is 22.4. The maximum atomic E-state index is 12.7. The van der Waals surface area contributed by atoms with Gasteiger partial charge >= 0.3 is 17.9 Å². The van der Waals surface area contributed by atoms with Crippen LogP contribution in [0.25, 0.3) is 0 Å². The molecule has 0 aromatic heterocycles. The lowest BCUT2D eigenvalue weighted by molar-refractivity contribution is -0.166. The Bertz CT molecular complexity index is 1070. The molecule has 0 aromatic rings. The first-order valence-corrected chi connectivity index (χ1v) is 22.4. The quantitative estimate of drug-likeness (QED) is 0.0268. The average molecular weight is 767 g/mol. The topological polar surface area (TPSA) is 78.9 Å². The predicted molar refractivity (Wildman–Crippen MR) is 233 cm³/mol. The maximum Gasteiger partial charge on any atom is 0.306 e. The van der Waals surface area contributed by atoms with Crippen molar-refractivity contribution in [1.82, 2.24) is 0 Å². The van der Waals surface area contributed by atoms with Crippen LogP contribution in [0, 0.1) is 0 Å². The lowest BCUT2D eigenvalue weighted by atomic mass is 10.1. The monoisotopic (exact) mass is 767 g/mol. The molecule has 0 aliphatic rings. The molecule has 0 heterocycles. The van der Waals surface area contributed by atoms with Gasteiger partial charge in [0.2, 0.25) is 0 Å². The van der Waals surface area contributed by atoms with Crippen LogP contribution in [-0.4, -0.2) is 37.2 Å². The van der Waals surface area contributed by atoms with Crippen molar-refractivity contribution in [1.29, 1.82) is 0 Å². The molecule has 1 atom stereocenters. The second-order valence-electron chi connectivity index (χ2n) is 14.6. The Kier molecular flexibility index (Phi) is 41.1. The molecule has 0 saturated carbocycles. The van der Waals surface area contributed by atoms with Crippen molar-refractivity contribution < 1.29 is 28.6 Å². The summed E-state index contributed by atoms with van der Waals surface area (Å²) in [5.74, 6) is -1.04.